The first-order chi connectivity index (χ1) is 10.1. The van der Waals surface area contributed by atoms with Gasteiger partial charge in [-0.15, -0.1) is 0 Å². The fraction of sp³-hybridized carbons (Fsp3) is 0.533. The van der Waals surface area contributed by atoms with Gasteiger partial charge in [-0.1, -0.05) is 11.6 Å². The minimum Gasteiger partial charge on any atom is -0.350 e. The van der Waals surface area contributed by atoms with Crippen LogP contribution < -0.4 is 0 Å². The fourth-order valence-corrected chi connectivity index (χ4v) is 3.04. The number of likely N-dealkylation sites (tertiary alicyclic amines) is 1. The molecule has 21 heavy (non-hydrogen) atoms. The molecule has 4 nitrogen and oxygen atoms in total. The summed E-state index contributed by atoms with van der Waals surface area (Å²) < 4.78 is 24.5. The molecule has 2 saturated heterocycles. The zero-order valence-corrected chi connectivity index (χ0v) is 12.4. The Morgan fingerprint density at radius 1 is 1.24 bits per heavy atom. The summed E-state index contributed by atoms with van der Waals surface area (Å²) in [5.41, 5.74) is 0.333. The molecule has 2 fully saturated rings. The SMILES string of the molecule is O=C(c1ccc(F)cc1Cl)N1CCC2(CC1)OCCCO2. The van der Waals surface area contributed by atoms with Crippen LogP contribution in [0.5, 0.6) is 0 Å². The van der Waals surface area contributed by atoms with Crippen LogP contribution in [0.4, 0.5) is 4.39 Å². The summed E-state index contributed by atoms with van der Waals surface area (Å²) in [6, 6.07) is 3.84. The molecule has 1 spiro atoms. The van der Waals surface area contributed by atoms with E-state index < -0.39 is 11.6 Å². The Kier molecular flexibility index (Phi) is 4.15. The van der Waals surface area contributed by atoms with Gasteiger partial charge in [0, 0.05) is 25.9 Å². The summed E-state index contributed by atoms with van der Waals surface area (Å²) >= 11 is 5.95. The minimum atomic E-state index is -0.526. The number of ether oxygens (including phenoxy) is 2. The molecule has 0 radical (unpaired) electrons. The van der Waals surface area contributed by atoms with Crippen molar-refractivity contribution in [2.45, 2.75) is 25.0 Å². The first-order valence-corrected chi connectivity index (χ1v) is 7.50. The number of amides is 1. The average Bonchev–Trinajstić information content (AvgIpc) is 2.48. The maximum Gasteiger partial charge on any atom is 0.255 e. The standard InChI is InChI=1S/C15H17ClFNO3/c16-13-10-11(17)2-3-12(13)14(19)18-6-4-15(5-7-18)20-8-1-9-21-15/h2-3,10H,1,4-9H2. The Labute approximate surface area is 127 Å². The van der Waals surface area contributed by atoms with E-state index in [-0.39, 0.29) is 10.9 Å². The molecule has 0 atom stereocenters. The lowest BCUT2D eigenvalue weighted by Gasteiger charge is -2.43. The molecular weight excluding hydrogens is 297 g/mol. The molecule has 2 aliphatic heterocycles. The van der Waals surface area contributed by atoms with Crippen LogP contribution in [0.25, 0.3) is 0 Å². The molecule has 1 aromatic rings. The molecule has 0 unspecified atom stereocenters. The van der Waals surface area contributed by atoms with E-state index in [4.69, 9.17) is 21.1 Å². The number of piperidine rings is 1. The smallest absolute Gasteiger partial charge is 0.255 e. The first-order valence-electron chi connectivity index (χ1n) is 7.12. The van der Waals surface area contributed by atoms with Crippen molar-refractivity contribution in [3.8, 4) is 0 Å². The van der Waals surface area contributed by atoms with Gasteiger partial charge in [0.2, 0.25) is 0 Å². The Bertz CT molecular complexity index is 536. The monoisotopic (exact) mass is 313 g/mol. The second-order valence-corrected chi connectivity index (χ2v) is 5.78. The van der Waals surface area contributed by atoms with E-state index >= 15 is 0 Å². The first kappa shape index (κ1) is 14.8. The van der Waals surface area contributed by atoms with Gasteiger partial charge >= 0.3 is 0 Å². The lowest BCUT2D eigenvalue weighted by atomic mass is 10.0. The van der Waals surface area contributed by atoms with Crippen LogP contribution >= 0.6 is 11.6 Å². The maximum atomic E-state index is 13.0. The predicted octanol–water partition coefficient (Wildman–Crippen LogP) is 2.85. The van der Waals surface area contributed by atoms with E-state index in [0.717, 1.165) is 12.5 Å². The van der Waals surface area contributed by atoms with Crippen molar-refractivity contribution in [2.75, 3.05) is 26.3 Å². The van der Waals surface area contributed by atoms with Crippen molar-refractivity contribution < 1.29 is 18.7 Å². The summed E-state index contributed by atoms with van der Waals surface area (Å²) in [5.74, 6) is -1.15. The zero-order valence-electron chi connectivity index (χ0n) is 11.6. The Morgan fingerprint density at radius 3 is 2.52 bits per heavy atom. The zero-order chi connectivity index (χ0) is 14.9. The molecule has 0 aliphatic carbocycles. The Morgan fingerprint density at radius 2 is 1.90 bits per heavy atom. The normalized spacial score (nSPS) is 21.5. The largest absolute Gasteiger partial charge is 0.350 e. The quantitative estimate of drug-likeness (QED) is 0.800. The van der Waals surface area contributed by atoms with Gasteiger partial charge in [0.1, 0.15) is 5.82 Å². The highest BCUT2D eigenvalue weighted by Crippen LogP contribution is 2.31. The van der Waals surface area contributed by atoms with Gasteiger partial charge in [-0.05, 0) is 24.6 Å². The predicted molar refractivity (Wildman–Crippen MR) is 75.8 cm³/mol. The van der Waals surface area contributed by atoms with Crippen molar-refractivity contribution in [1.82, 2.24) is 4.90 Å². The third-order valence-corrected chi connectivity index (χ3v) is 4.31. The highest BCUT2D eigenvalue weighted by molar-refractivity contribution is 6.33. The Balaban J connectivity index is 1.67. The van der Waals surface area contributed by atoms with Gasteiger partial charge in [-0.3, -0.25) is 4.79 Å². The molecule has 1 aromatic carbocycles. The summed E-state index contributed by atoms with van der Waals surface area (Å²) in [6.45, 7) is 2.51. The van der Waals surface area contributed by atoms with Crippen LogP contribution in [-0.2, 0) is 9.47 Å². The van der Waals surface area contributed by atoms with Gasteiger partial charge < -0.3 is 14.4 Å². The molecule has 3 rings (SSSR count). The van der Waals surface area contributed by atoms with E-state index in [1.807, 2.05) is 0 Å². The Hall–Kier alpha value is -1.17. The van der Waals surface area contributed by atoms with Crippen LogP contribution in [0.3, 0.4) is 0 Å². The summed E-state index contributed by atoms with van der Waals surface area (Å²) in [6.07, 6.45) is 2.21. The molecule has 2 heterocycles. The molecule has 6 heteroatoms. The van der Waals surface area contributed by atoms with Gasteiger partial charge in [0.05, 0.1) is 23.8 Å². The maximum absolute atomic E-state index is 13.0. The average molecular weight is 314 g/mol. The lowest BCUT2D eigenvalue weighted by molar-refractivity contribution is -0.281. The van der Waals surface area contributed by atoms with Crippen molar-refractivity contribution in [2.24, 2.45) is 0 Å². The number of carbonyl (C=O) groups is 1. The van der Waals surface area contributed by atoms with Gasteiger partial charge in [0.15, 0.2) is 5.79 Å². The third-order valence-electron chi connectivity index (χ3n) is 3.99. The highest BCUT2D eigenvalue weighted by Gasteiger charge is 2.39. The molecule has 0 saturated carbocycles. The third kappa shape index (κ3) is 3.05. The van der Waals surface area contributed by atoms with E-state index in [2.05, 4.69) is 0 Å². The number of benzene rings is 1. The second-order valence-electron chi connectivity index (χ2n) is 5.38. The highest BCUT2D eigenvalue weighted by atomic mass is 35.5. The van der Waals surface area contributed by atoms with E-state index in [9.17, 15) is 9.18 Å². The van der Waals surface area contributed by atoms with Crippen LogP contribution in [0.15, 0.2) is 18.2 Å². The van der Waals surface area contributed by atoms with Gasteiger partial charge in [-0.2, -0.15) is 0 Å². The number of carbonyl (C=O) groups excluding carboxylic acids is 1. The molecule has 1 amide bonds. The fourth-order valence-electron chi connectivity index (χ4n) is 2.79. The molecule has 0 bridgehead atoms. The van der Waals surface area contributed by atoms with Crippen LogP contribution in [0.2, 0.25) is 5.02 Å². The van der Waals surface area contributed by atoms with Crippen molar-refractivity contribution in [3.63, 3.8) is 0 Å². The number of halogens is 2. The lowest BCUT2D eigenvalue weighted by Crippen LogP contribution is -2.51. The van der Waals surface area contributed by atoms with Crippen molar-refractivity contribution in [1.29, 1.82) is 0 Å². The molecule has 114 valence electrons. The minimum absolute atomic E-state index is 0.144. The molecule has 2 aliphatic rings. The van der Waals surface area contributed by atoms with Crippen LogP contribution in [0.1, 0.15) is 29.6 Å². The number of hydrogen-bond acceptors (Lipinski definition) is 3. The summed E-state index contributed by atoms with van der Waals surface area (Å²) in [7, 11) is 0. The topological polar surface area (TPSA) is 38.8 Å². The van der Waals surface area contributed by atoms with Crippen LogP contribution in [-0.4, -0.2) is 42.9 Å². The van der Waals surface area contributed by atoms with Gasteiger partial charge in [-0.25, -0.2) is 4.39 Å². The summed E-state index contributed by atoms with van der Waals surface area (Å²) in [5, 5.41) is 0.144. The molecular formula is C15H17ClFNO3. The molecule has 0 N–H and O–H groups in total. The van der Waals surface area contributed by atoms with Gasteiger partial charge in [0.25, 0.3) is 5.91 Å². The number of rotatable bonds is 1. The van der Waals surface area contributed by atoms with E-state index in [1.54, 1.807) is 4.90 Å². The second kappa shape index (κ2) is 5.91. The van der Waals surface area contributed by atoms with E-state index in [1.165, 1.54) is 12.1 Å². The molecule has 0 aromatic heterocycles. The van der Waals surface area contributed by atoms with E-state index in [0.29, 0.717) is 44.7 Å². The van der Waals surface area contributed by atoms with Crippen molar-refractivity contribution >= 4 is 17.5 Å². The van der Waals surface area contributed by atoms with Crippen molar-refractivity contribution in [3.05, 3.63) is 34.6 Å². The number of hydrogen-bond donors (Lipinski definition) is 0. The summed E-state index contributed by atoms with van der Waals surface area (Å²) in [4.78, 5) is 14.2. The number of nitrogens with zero attached hydrogens (tertiary/aromatic N) is 1. The van der Waals surface area contributed by atoms with Crippen LogP contribution in [0, 0.1) is 5.82 Å².